The van der Waals surface area contributed by atoms with Gasteiger partial charge < -0.3 is 10.1 Å². The molecule has 30 heavy (non-hydrogen) atoms. The van der Waals surface area contributed by atoms with Crippen molar-refractivity contribution < 1.29 is 9.53 Å². The lowest BCUT2D eigenvalue weighted by atomic mass is 10.0. The van der Waals surface area contributed by atoms with Crippen LogP contribution in [0.2, 0.25) is 0 Å². The van der Waals surface area contributed by atoms with Crippen LogP contribution < -0.4 is 10.1 Å². The quantitative estimate of drug-likeness (QED) is 0.540. The Morgan fingerprint density at radius 3 is 2.77 bits per heavy atom. The summed E-state index contributed by atoms with van der Waals surface area (Å²) in [5, 5.41) is 20.3. The monoisotopic (exact) mass is 398 g/mol. The number of rotatable bonds is 4. The van der Waals surface area contributed by atoms with E-state index >= 15 is 0 Å². The first-order valence-corrected chi connectivity index (χ1v) is 9.18. The number of carbonyl (C=O) groups is 1. The van der Waals surface area contributed by atoms with Crippen LogP contribution in [0.15, 0.2) is 42.7 Å². The topological polar surface area (TPSA) is 117 Å². The van der Waals surface area contributed by atoms with Crippen LogP contribution in [-0.2, 0) is 0 Å². The van der Waals surface area contributed by atoms with Crippen molar-refractivity contribution in [3.8, 4) is 23.2 Å². The molecule has 0 saturated carbocycles. The summed E-state index contributed by atoms with van der Waals surface area (Å²) in [6.07, 6.45) is 3.08. The van der Waals surface area contributed by atoms with E-state index < -0.39 is 0 Å². The lowest BCUT2D eigenvalue weighted by molar-refractivity contribution is 0.102. The minimum atomic E-state index is -0.338. The van der Waals surface area contributed by atoms with Crippen molar-refractivity contribution in [2.75, 3.05) is 12.4 Å². The molecule has 8 nitrogen and oxygen atoms in total. The van der Waals surface area contributed by atoms with E-state index in [9.17, 15) is 4.79 Å². The molecule has 4 aromatic rings. The summed E-state index contributed by atoms with van der Waals surface area (Å²) in [5.41, 5.74) is 5.19. The van der Waals surface area contributed by atoms with Crippen LogP contribution in [-0.4, -0.2) is 33.2 Å². The van der Waals surface area contributed by atoms with Crippen LogP contribution in [0.5, 0.6) is 5.88 Å². The summed E-state index contributed by atoms with van der Waals surface area (Å²) in [6, 6.07) is 11.2. The number of benzene rings is 1. The molecule has 148 valence electrons. The van der Waals surface area contributed by atoms with Gasteiger partial charge in [-0.3, -0.25) is 9.89 Å². The largest absolute Gasteiger partial charge is 0.481 e. The summed E-state index contributed by atoms with van der Waals surface area (Å²) in [7, 11) is 1.56. The molecule has 4 rings (SSSR count). The highest BCUT2D eigenvalue weighted by Gasteiger charge is 2.16. The first kappa shape index (κ1) is 19.1. The summed E-state index contributed by atoms with van der Waals surface area (Å²) in [6.45, 7) is 3.59. The highest BCUT2D eigenvalue weighted by molar-refractivity contribution is 6.05. The van der Waals surface area contributed by atoms with Gasteiger partial charge in [0.1, 0.15) is 17.5 Å². The molecule has 0 spiro atoms. The maximum atomic E-state index is 12.8. The van der Waals surface area contributed by atoms with Gasteiger partial charge in [0.25, 0.3) is 5.91 Å². The number of aromatic amines is 1. The molecule has 2 N–H and O–H groups in total. The first-order valence-electron chi connectivity index (χ1n) is 9.18. The van der Waals surface area contributed by atoms with E-state index in [1.807, 2.05) is 18.2 Å². The molecule has 0 saturated heterocycles. The van der Waals surface area contributed by atoms with E-state index in [0.29, 0.717) is 22.7 Å². The molecule has 0 aliphatic heterocycles. The second-order valence-corrected chi connectivity index (χ2v) is 6.76. The number of nitrogens with one attached hydrogen (secondary N) is 2. The summed E-state index contributed by atoms with van der Waals surface area (Å²) in [4.78, 5) is 21.1. The second-order valence-electron chi connectivity index (χ2n) is 6.76. The third-order valence-corrected chi connectivity index (χ3v) is 5.02. The fourth-order valence-electron chi connectivity index (χ4n) is 3.21. The molecule has 8 heteroatoms. The number of fused-ring (bicyclic) bond motifs is 1. The highest BCUT2D eigenvalue weighted by Crippen LogP contribution is 2.30. The number of pyridine rings is 2. The zero-order chi connectivity index (χ0) is 21.3. The van der Waals surface area contributed by atoms with Crippen LogP contribution in [0.1, 0.15) is 27.2 Å². The summed E-state index contributed by atoms with van der Waals surface area (Å²) in [5.74, 6) is 0.154. The van der Waals surface area contributed by atoms with Gasteiger partial charge in [-0.15, -0.1) is 0 Å². The number of aromatic nitrogens is 4. The Balaban J connectivity index is 1.68. The Morgan fingerprint density at radius 1 is 1.17 bits per heavy atom. The Bertz CT molecular complexity index is 1320. The van der Waals surface area contributed by atoms with Crippen LogP contribution >= 0.6 is 0 Å². The van der Waals surface area contributed by atoms with E-state index in [4.69, 9.17) is 10.00 Å². The molecule has 0 radical (unpaired) electrons. The average molecular weight is 398 g/mol. The molecular formula is C22H18N6O2. The first-order chi connectivity index (χ1) is 14.5. The molecule has 3 heterocycles. The number of anilines is 1. The van der Waals surface area contributed by atoms with E-state index in [-0.39, 0.29) is 11.6 Å². The zero-order valence-corrected chi connectivity index (χ0v) is 16.6. The Kier molecular flexibility index (Phi) is 4.86. The van der Waals surface area contributed by atoms with Gasteiger partial charge in [-0.25, -0.2) is 9.97 Å². The number of H-pyrrole nitrogens is 1. The Labute approximate surface area is 172 Å². The van der Waals surface area contributed by atoms with Crippen LogP contribution in [0, 0.1) is 25.2 Å². The van der Waals surface area contributed by atoms with Gasteiger partial charge in [-0.2, -0.15) is 10.4 Å². The van der Waals surface area contributed by atoms with Gasteiger partial charge in [0.15, 0.2) is 0 Å². The molecule has 0 aliphatic carbocycles. The van der Waals surface area contributed by atoms with Gasteiger partial charge in [-0.05, 0) is 49.2 Å². The van der Waals surface area contributed by atoms with Gasteiger partial charge in [0.05, 0.1) is 18.2 Å². The molecule has 0 bridgehead atoms. The third kappa shape index (κ3) is 3.33. The Hall–Kier alpha value is -4.25. The molecule has 3 aromatic heterocycles. The normalized spacial score (nSPS) is 10.6. The predicted molar refractivity (Wildman–Crippen MR) is 112 cm³/mol. The number of nitrogens with zero attached hydrogens (tertiary/aromatic N) is 4. The molecule has 0 atom stereocenters. The van der Waals surface area contributed by atoms with Crippen molar-refractivity contribution in [2.24, 2.45) is 0 Å². The SMILES string of the molecule is COc1cc(-c2n[nH]c3ccc(NC(=O)c4ncc(C#N)c(C)c4C)cc23)ccn1. The fourth-order valence-corrected chi connectivity index (χ4v) is 3.21. The van der Waals surface area contributed by atoms with Crippen LogP contribution in [0.4, 0.5) is 5.69 Å². The van der Waals surface area contributed by atoms with Crippen molar-refractivity contribution >= 4 is 22.5 Å². The van der Waals surface area contributed by atoms with Gasteiger partial charge >= 0.3 is 0 Å². The van der Waals surface area contributed by atoms with Crippen molar-refractivity contribution in [3.05, 3.63) is 65.1 Å². The summed E-state index contributed by atoms with van der Waals surface area (Å²) >= 11 is 0. The number of carbonyl (C=O) groups excluding carboxylic acids is 1. The number of nitriles is 1. The number of methoxy groups -OCH3 is 1. The maximum Gasteiger partial charge on any atom is 0.274 e. The number of hydrogen-bond acceptors (Lipinski definition) is 6. The average Bonchev–Trinajstić information content (AvgIpc) is 3.19. The van der Waals surface area contributed by atoms with Gasteiger partial charge in [-0.1, -0.05) is 0 Å². The van der Waals surface area contributed by atoms with E-state index in [1.165, 1.54) is 6.20 Å². The van der Waals surface area contributed by atoms with Gasteiger partial charge in [0.2, 0.25) is 5.88 Å². The highest BCUT2D eigenvalue weighted by atomic mass is 16.5. The standard InChI is InChI=1S/C22H18N6O2/c1-12-13(2)20(25-11-15(12)10-23)22(29)26-16-4-5-18-17(9-16)21(28-27-18)14-6-7-24-19(8-14)30-3/h4-9,11H,1-3H3,(H,26,29)(H,27,28). The minimum Gasteiger partial charge on any atom is -0.481 e. The molecule has 0 fully saturated rings. The lowest BCUT2D eigenvalue weighted by Gasteiger charge is -2.10. The third-order valence-electron chi connectivity index (χ3n) is 5.02. The van der Waals surface area contributed by atoms with Gasteiger partial charge in [0, 0.05) is 35.1 Å². The van der Waals surface area contributed by atoms with Crippen molar-refractivity contribution in [1.82, 2.24) is 20.2 Å². The number of amides is 1. The van der Waals surface area contributed by atoms with E-state index in [1.54, 1.807) is 39.3 Å². The van der Waals surface area contributed by atoms with E-state index in [0.717, 1.165) is 27.7 Å². The maximum absolute atomic E-state index is 12.8. The lowest BCUT2D eigenvalue weighted by Crippen LogP contribution is -2.16. The summed E-state index contributed by atoms with van der Waals surface area (Å²) < 4.78 is 5.19. The van der Waals surface area contributed by atoms with Crippen molar-refractivity contribution in [1.29, 1.82) is 5.26 Å². The molecule has 0 aliphatic rings. The number of ether oxygens (including phenoxy) is 1. The smallest absolute Gasteiger partial charge is 0.274 e. The van der Waals surface area contributed by atoms with Crippen LogP contribution in [0.25, 0.3) is 22.2 Å². The molecule has 1 aromatic carbocycles. The Morgan fingerprint density at radius 2 is 2.00 bits per heavy atom. The minimum absolute atomic E-state index is 0.290. The number of hydrogen-bond donors (Lipinski definition) is 2. The second kappa shape index (κ2) is 7.64. The molecule has 0 unspecified atom stereocenters. The van der Waals surface area contributed by atoms with E-state index in [2.05, 4.69) is 31.6 Å². The molecule has 1 amide bonds. The predicted octanol–water partition coefficient (Wildman–Crippen LogP) is 3.77. The van der Waals surface area contributed by atoms with Crippen molar-refractivity contribution in [2.45, 2.75) is 13.8 Å². The van der Waals surface area contributed by atoms with Crippen molar-refractivity contribution in [3.63, 3.8) is 0 Å². The molecular weight excluding hydrogens is 380 g/mol. The van der Waals surface area contributed by atoms with Crippen LogP contribution in [0.3, 0.4) is 0 Å². The zero-order valence-electron chi connectivity index (χ0n) is 16.6. The fraction of sp³-hybridized carbons (Fsp3) is 0.136.